The van der Waals surface area contributed by atoms with Gasteiger partial charge in [-0.15, -0.1) is 6.42 Å². The van der Waals surface area contributed by atoms with Crippen LogP contribution < -0.4 is 9.46 Å². The lowest BCUT2D eigenvalue weighted by Crippen LogP contribution is -2.33. The second kappa shape index (κ2) is 7.11. The SMILES string of the molecule is C#CC(CC)NS(=O)(=O)c1ccc(OCC)c(C(=O)O)c1. The zero-order chi connectivity index (χ0) is 16.0. The molecule has 0 heterocycles. The summed E-state index contributed by atoms with van der Waals surface area (Å²) in [5, 5.41) is 9.13. The predicted molar refractivity (Wildman–Crippen MR) is 77.8 cm³/mol. The Balaban J connectivity index is 3.23. The Hall–Kier alpha value is -2.04. The third kappa shape index (κ3) is 4.21. The van der Waals surface area contributed by atoms with Crippen LogP contribution in [-0.2, 0) is 10.0 Å². The van der Waals surface area contributed by atoms with Crippen LogP contribution in [0, 0.1) is 12.3 Å². The molecule has 0 radical (unpaired) electrons. The molecule has 1 atom stereocenters. The molecule has 0 spiro atoms. The molecular formula is C14H17NO5S. The van der Waals surface area contributed by atoms with Gasteiger partial charge in [-0.2, -0.15) is 4.72 Å². The lowest BCUT2D eigenvalue weighted by molar-refractivity contribution is 0.0692. The van der Waals surface area contributed by atoms with Gasteiger partial charge in [-0.25, -0.2) is 13.2 Å². The van der Waals surface area contributed by atoms with Crippen LogP contribution in [0.4, 0.5) is 0 Å². The highest BCUT2D eigenvalue weighted by Gasteiger charge is 2.21. The number of nitrogens with one attached hydrogen (secondary N) is 1. The lowest BCUT2D eigenvalue weighted by atomic mass is 10.2. The van der Waals surface area contributed by atoms with Crippen LogP contribution in [0.3, 0.4) is 0 Å². The lowest BCUT2D eigenvalue weighted by Gasteiger charge is -2.13. The van der Waals surface area contributed by atoms with Gasteiger partial charge in [-0.05, 0) is 31.5 Å². The van der Waals surface area contributed by atoms with E-state index in [2.05, 4.69) is 10.6 Å². The fourth-order valence-electron chi connectivity index (χ4n) is 1.62. The van der Waals surface area contributed by atoms with E-state index in [1.165, 1.54) is 12.1 Å². The average molecular weight is 311 g/mol. The maximum atomic E-state index is 12.2. The van der Waals surface area contributed by atoms with Gasteiger partial charge in [-0.3, -0.25) is 0 Å². The Bertz CT molecular complexity index is 660. The van der Waals surface area contributed by atoms with Crippen molar-refractivity contribution in [3.05, 3.63) is 23.8 Å². The Labute approximate surface area is 124 Å². The highest BCUT2D eigenvalue weighted by molar-refractivity contribution is 7.89. The van der Waals surface area contributed by atoms with E-state index in [1.54, 1.807) is 13.8 Å². The standard InChI is InChI=1S/C14H17NO5S/c1-4-10(5-2)15-21(18,19)11-7-8-13(20-6-3)12(9-11)14(16)17/h1,7-10,15H,5-6H2,2-3H3,(H,16,17). The molecule has 0 fully saturated rings. The van der Waals surface area contributed by atoms with Gasteiger partial charge in [0.15, 0.2) is 0 Å². The molecule has 0 saturated heterocycles. The summed E-state index contributed by atoms with van der Waals surface area (Å²) in [5.41, 5.74) is -0.214. The summed E-state index contributed by atoms with van der Waals surface area (Å²) in [6.45, 7) is 3.73. The normalized spacial score (nSPS) is 12.4. The number of hydrogen-bond acceptors (Lipinski definition) is 4. The van der Waals surface area contributed by atoms with Crippen LogP contribution in [-0.4, -0.2) is 32.1 Å². The number of ether oxygens (including phenoxy) is 1. The molecule has 0 aromatic heterocycles. The van der Waals surface area contributed by atoms with E-state index < -0.39 is 22.0 Å². The largest absolute Gasteiger partial charge is 0.493 e. The van der Waals surface area contributed by atoms with Crippen molar-refractivity contribution in [3.63, 3.8) is 0 Å². The summed E-state index contributed by atoms with van der Waals surface area (Å²) in [5.74, 6) is 1.17. The topological polar surface area (TPSA) is 92.7 Å². The fraction of sp³-hybridized carbons (Fsp3) is 0.357. The van der Waals surface area contributed by atoms with E-state index in [9.17, 15) is 13.2 Å². The van der Waals surface area contributed by atoms with Crippen molar-refractivity contribution >= 4 is 16.0 Å². The minimum absolute atomic E-state index is 0.118. The minimum Gasteiger partial charge on any atom is -0.493 e. The number of benzene rings is 1. The molecule has 1 rings (SSSR count). The van der Waals surface area contributed by atoms with Crippen LogP contribution >= 0.6 is 0 Å². The Kier molecular flexibility index (Phi) is 5.76. The van der Waals surface area contributed by atoms with E-state index in [1.807, 2.05) is 0 Å². The van der Waals surface area contributed by atoms with Gasteiger partial charge in [0, 0.05) is 0 Å². The molecule has 0 aliphatic rings. The summed E-state index contributed by atoms with van der Waals surface area (Å²) >= 11 is 0. The van der Waals surface area contributed by atoms with Crippen molar-refractivity contribution in [2.75, 3.05) is 6.61 Å². The number of rotatable bonds is 7. The Morgan fingerprint density at radius 1 is 1.48 bits per heavy atom. The molecule has 6 nitrogen and oxygen atoms in total. The number of carboxylic acid groups (broad SMARTS) is 1. The van der Waals surface area contributed by atoms with Gasteiger partial charge in [0.25, 0.3) is 0 Å². The van der Waals surface area contributed by atoms with E-state index >= 15 is 0 Å². The van der Waals surface area contributed by atoms with E-state index in [0.717, 1.165) is 6.07 Å². The van der Waals surface area contributed by atoms with Gasteiger partial charge in [0.05, 0.1) is 17.5 Å². The van der Waals surface area contributed by atoms with Crippen LogP contribution in [0.15, 0.2) is 23.1 Å². The van der Waals surface area contributed by atoms with E-state index in [0.29, 0.717) is 6.42 Å². The smallest absolute Gasteiger partial charge is 0.339 e. The summed E-state index contributed by atoms with van der Waals surface area (Å²) in [6, 6.07) is 3.01. The minimum atomic E-state index is -3.88. The molecule has 0 aliphatic carbocycles. The van der Waals surface area contributed by atoms with Gasteiger partial charge >= 0.3 is 5.97 Å². The molecule has 2 N–H and O–H groups in total. The summed E-state index contributed by atoms with van der Waals surface area (Å²) in [7, 11) is -3.88. The molecular weight excluding hydrogens is 294 g/mol. The van der Waals surface area contributed by atoms with Crippen LogP contribution in [0.25, 0.3) is 0 Å². The van der Waals surface area contributed by atoms with Crippen molar-refractivity contribution in [3.8, 4) is 18.1 Å². The second-order valence-corrected chi connectivity index (χ2v) is 5.86. The Morgan fingerprint density at radius 2 is 2.14 bits per heavy atom. The van der Waals surface area contributed by atoms with Crippen LogP contribution in [0.1, 0.15) is 30.6 Å². The number of carboxylic acids is 1. The molecule has 0 saturated carbocycles. The van der Waals surface area contributed by atoms with Crippen LogP contribution in [0.5, 0.6) is 5.75 Å². The first-order valence-corrected chi connectivity index (χ1v) is 7.82. The summed E-state index contributed by atoms with van der Waals surface area (Å²) in [6.07, 6.45) is 5.65. The molecule has 7 heteroatoms. The van der Waals surface area contributed by atoms with Crippen molar-refractivity contribution in [1.29, 1.82) is 0 Å². The first-order chi connectivity index (χ1) is 9.85. The molecule has 0 bridgehead atoms. The predicted octanol–water partition coefficient (Wildman–Crippen LogP) is 1.47. The molecule has 21 heavy (non-hydrogen) atoms. The number of sulfonamides is 1. The maximum absolute atomic E-state index is 12.2. The van der Waals surface area contributed by atoms with E-state index in [-0.39, 0.29) is 22.8 Å². The highest BCUT2D eigenvalue weighted by Crippen LogP contribution is 2.23. The van der Waals surface area contributed by atoms with Crippen molar-refractivity contribution < 1.29 is 23.1 Å². The molecule has 0 amide bonds. The third-order valence-electron chi connectivity index (χ3n) is 2.70. The van der Waals surface area contributed by atoms with E-state index in [4.69, 9.17) is 16.3 Å². The zero-order valence-corrected chi connectivity index (χ0v) is 12.6. The number of terminal acetylenes is 1. The number of carbonyl (C=O) groups is 1. The first-order valence-electron chi connectivity index (χ1n) is 6.34. The molecule has 114 valence electrons. The van der Waals surface area contributed by atoms with Gasteiger partial charge in [0.1, 0.15) is 11.3 Å². The quantitative estimate of drug-likeness (QED) is 0.744. The molecule has 0 aliphatic heterocycles. The van der Waals surface area contributed by atoms with Crippen molar-refractivity contribution in [2.45, 2.75) is 31.2 Å². The molecule has 1 aromatic rings. The van der Waals surface area contributed by atoms with Gasteiger partial charge < -0.3 is 9.84 Å². The zero-order valence-electron chi connectivity index (χ0n) is 11.8. The van der Waals surface area contributed by atoms with Gasteiger partial charge in [0.2, 0.25) is 10.0 Å². The third-order valence-corrected chi connectivity index (χ3v) is 4.17. The molecule has 1 aromatic carbocycles. The first kappa shape index (κ1) is 17.0. The number of hydrogen-bond donors (Lipinski definition) is 2. The van der Waals surface area contributed by atoms with Crippen molar-refractivity contribution in [2.24, 2.45) is 0 Å². The van der Waals surface area contributed by atoms with Crippen LogP contribution in [0.2, 0.25) is 0 Å². The molecule has 1 unspecified atom stereocenters. The number of aromatic carboxylic acids is 1. The van der Waals surface area contributed by atoms with Gasteiger partial charge in [-0.1, -0.05) is 12.8 Å². The monoisotopic (exact) mass is 311 g/mol. The van der Waals surface area contributed by atoms with Crippen molar-refractivity contribution in [1.82, 2.24) is 4.72 Å². The maximum Gasteiger partial charge on any atom is 0.339 e. The highest BCUT2D eigenvalue weighted by atomic mass is 32.2. The fourth-order valence-corrected chi connectivity index (χ4v) is 2.88. The summed E-state index contributed by atoms with van der Waals surface area (Å²) in [4.78, 5) is 11.0. The average Bonchev–Trinajstić information content (AvgIpc) is 2.45. The second-order valence-electron chi connectivity index (χ2n) is 4.14. The Morgan fingerprint density at radius 3 is 2.62 bits per heavy atom. The summed E-state index contributed by atoms with van der Waals surface area (Å²) < 4.78 is 31.8.